The van der Waals surface area contributed by atoms with Gasteiger partial charge in [-0.05, 0) is 24.0 Å². The maximum Gasteiger partial charge on any atom is -0.0140 e. The van der Waals surface area contributed by atoms with Crippen LogP contribution in [-0.2, 0) is 0 Å². The minimum atomic E-state index is 0.571. The number of thioether (sulfide) groups is 1. The fourth-order valence-corrected chi connectivity index (χ4v) is 0.756. The Hall–Kier alpha value is -0.170. The van der Waals surface area contributed by atoms with Crippen molar-refractivity contribution in [3.63, 3.8) is 0 Å². The monoisotopic (exact) mass is 186 g/mol. The van der Waals surface area contributed by atoms with Crippen LogP contribution in [0.15, 0.2) is 23.1 Å². The van der Waals surface area contributed by atoms with Gasteiger partial charge < -0.3 is 0 Å². The normalized spacial score (nSPS) is 10.8. The van der Waals surface area contributed by atoms with Crippen LogP contribution in [0.5, 0.6) is 0 Å². The molecule has 0 aliphatic heterocycles. The lowest BCUT2D eigenvalue weighted by Crippen LogP contribution is -1.87. The zero-order chi connectivity index (χ0) is 10.1. The molecule has 72 valence electrons. The molecule has 0 heterocycles. The van der Waals surface area contributed by atoms with E-state index >= 15 is 0 Å². The van der Waals surface area contributed by atoms with E-state index < -0.39 is 0 Å². The highest BCUT2D eigenvalue weighted by atomic mass is 32.2. The third-order valence-electron chi connectivity index (χ3n) is 1.45. The predicted molar refractivity (Wildman–Crippen MR) is 62.6 cm³/mol. The van der Waals surface area contributed by atoms with E-state index in [1.54, 1.807) is 11.8 Å². The van der Waals surface area contributed by atoms with Crippen molar-refractivity contribution in [2.75, 3.05) is 6.26 Å². The van der Waals surface area contributed by atoms with Crippen molar-refractivity contribution in [3.05, 3.63) is 23.1 Å². The molecule has 12 heavy (non-hydrogen) atoms. The zero-order valence-corrected chi connectivity index (χ0v) is 10.1. The Labute approximate surface area is 82.1 Å². The van der Waals surface area contributed by atoms with E-state index in [4.69, 9.17) is 0 Å². The van der Waals surface area contributed by atoms with Gasteiger partial charge in [0.15, 0.2) is 0 Å². The molecule has 0 aliphatic carbocycles. The van der Waals surface area contributed by atoms with Crippen molar-refractivity contribution in [1.82, 2.24) is 0 Å². The predicted octanol–water partition coefficient (Wildman–Crippen LogP) is 4.49. The quantitative estimate of drug-likeness (QED) is 0.585. The van der Waals surface area contributed by atoms with Crippen molar-refractivity contribution in [3.8, 4) is 0 Å². The molecule has 0 nitrogen and oxygen atoms in total. The SMILES string of the molecule is C=C(/C=C(/C)SC)C(C)C.CC. The Morgan fingerprint density at radius 3 is 2.00 bits per heavy atom. The van der Waals surface area contributed by atoms with Gasteiger partial charge in [-0.1, -0.05) is 45.9 Å². The molecule has 1 heteroatoms. The van der Waals surface area contributed by atoms with Crippen molar-refractivity contribution >= 4 is 11.8 Å². The van der Waals surface area contributed by atoms with E-state index in [-0.39, 0.29) is 0 Å². The summed E-state index contributed by atoms with van der Waals surface area (Å²) in [4.78, 5) is 1.33. The van der Waals surface area contributed by atoms with Crippen molar-refractivity contribution < 1.29 is 0 Å². The molecule has 0 aromatic heterocycles. The Kier molecular flexibility index (Phi) is 10.7. The molecule has 0 bridgehead atoms. The molecular weight excluding hydrogens is 164 g/mol. The molecule has 0 N–H and O–H groups in total. The summed E-state index contributed by atoms with van der Waals surface area (Å²) in [7, 11) is 0. The summed E-state index contributed by atoms with van der Waals surface area (Å²) < 4.78 is 0. The topological polar surface area (TPSA) is 0 Å². The molecule has 0 saturated carbocycles. The Balaban J connectivity index is 0. The van der Waals surface area contributed by atoms with Gasteiger partial charge in [-0.15, -0.1) is 11.8 Å². The highest BCUT2D eigenvalue weighted by molar-refractivity contribution is 8.02. The molecule has 0 rings (SSSR count). The minimum Gasteiger partial charge on any atom is -0.134 e. The first-order valence-corrected chi connectivity index (χ1v) is 5.71. The third kappa shape index (κ3) is 7.93. The zero-order valence-electron chi connectivity index (χ0n) is 9.27. The van der Waals surface area contributed by atoms with Gasteiger partial charge in [-0.25, -0.2) is 0 Å². The summed E-state index contributed by atoms with van der Waals surface area (Å²) in [6, 6.07) is 0. The Morgan fingerprint density at radius 1 is 1.33 bits per heavy atom. The maximum atomic E-state index is 3.95. The van der Waals surface area contributed by atoms with Crippen LogP contribution in [0.2, 0.25) is 0 Å². The van der Waals surface area contributed by atoms with Gasteiger partial charge in [-0.3, -0.25) is 0 Å². The smallest absolute Gasteiger partial charge is 0.0140 e. The molecule has 0 aliphatic rings. The molecule has 0 atom stereocenters. The maximum absolute atomic E-state index is 3.95. The first kappa shape index (κ1) is 14.4. The lowest BCUT2D eigenvalue weighted by Gasteiger charge is -2.04. The van der Waals surface area contributed by atoms with Crippen LogP contribution < -0.4 is 0 Å². The van der Waals surface area contributed by atoms with Gasteiger partial charge >= 0.3 is 0 Å². The first-order valence-electron chi connectivity index (χ1n) is 4.49. The summed E-state index contributed by atoms with van der Waals surface area (Å²) in [6.07, 6.45) is 4.23. The first-order chi connectivity index (χ1) is 5.57. The highest BCUT2D eigenvalue weighted by Gasteiger charge is 1.95. The van der Waals surface area contributed by atoms with Gasteiger partial charge in [0.1, 0.15) is 0 Å². The fourth-order valence-electron chi connectivity index (χ4n) is 0.487. The molecular formula is C11H22S. The summed E-state index contributed by atoms with van der Waals surface area (Å²) in [5.41, 5.74) is 1.21. The standard InChI is InChI=1S/C9H16S.C2H6/c1-7(2)8(3)6-9(4)10-5;1-2/h6-7H,3H2,1-2,4-5H3;1-2H3/b9-6-;. The molecule has 0 amide bonds. The molecule has 0 spiro atoms. The third-order valence-corrected chi connectivity index (χ3v) is 2.21. The van der Waals surface area contributed by atoms with E-state index in [9.17, 15) is 0 Å². The second-order valence-electron chi connectivity index (χ2n) is 2.69. The molecule has 0 saturated heterocycles. The van der Waals surface area contributed by atoms with Crippen LogP contribution in [0.3, 0.4) is 0 Å². The second kappa shape index (κ2) is 8.92. The van der Waals surface area contributed by atoms with Crippen LogP contribution in [0.1, 0.15) is 34.6 Å². The molecule has 0 aromatic rings. The number of hydrogen-bond acceptors (Lipinski definition) is 1. The van der Waals surface area contributed by atoms with E-state index in [1.165, 1.54) is 10.5 Å². The van der Waals surface area contributed by atoms with Gasteiger partial charge in [0, 0.05) is 0 Å². The molecule has 0 fully saturated rings. The average Bonchev–Trinajstić information content (AvgIpc) is 2.07. The Bertz CT molecular complexity index is 143. The van der Waals surface area contributed by atoms with Crippen LogP contribution >= 0.6 is 11.8 Å². The fraction of sp³-hybridized carbons (Fsp3) is 0.636. The van der Waals surface area contributed by atoms with Crippen LogP contribution in [0.4, 0.5) is 0 Å². The Morgan fingerprint density at radius 2 is 1.75 bits per heavy atom. The molecule has 0 radical (unpaired) electrons. The van der Waals surface area contributed by atoms with Crippen LogP contribution in [0, 0.1) is 5.92 Å². The second-order valence-corrected chi connectivity index (χ2v) is 3.74. The lowest BCUT2D eigenvalue weighted by atomic mass is 10.1. The number of hydrogen-bond donors (Lipinski definition) is 0. The molecule has 0 unspecified atom stereocenters. The average molecular weight is 186 g/mol. The summed E-state index contributed by atoms with van der Waals surface area (Å²) in [6.45, 7) is 14.4. The lowest BCUT2D eigenvalue weighted by molar-refractivity contribution is 0.794. The van der Waals surface area contributed by atoms with Gasteiger partial charge in [0.25, 0.3) is 0 Å². The van der Waals surface area contributed by atoms with E-state index in [2.05, 4.69) is 39.7 Å². The van der Waals surface area contributed by atoms with Crippen molar-refractivity contribution in [2.24, 2.45) is 5.92 Å². The van der Waals surface area contributed by atoms with Crippen LogP contribution in [-0.4, -0.2) is 6.26 Å². The van der Waals surface area contributed by atoms with Gasteiger partial charge in [0.2, 0.25) is 0 Å². The minimum absolute atomic E-state index is 0.571. The molecule has 0 aromatic carbocycles. The van der Waals surface area contributed by atoms with E-state index in [0.29, 0.717) is 5.92 Å². The van der Waals surface area contributed by atoms with Crippen LogP contribution in [0.25, 0.3) is 0 Å². The highest BCUT2D eigenvalue weighted by Crippen LogP contribution is 2.16. The van der Waals surface area contributed by atoms with Crippen molar-refractivity contribution in [2.45, 2.75) is 34.6 Å². The number of allylic oxidation sites excluding steroid dienone is 3. The van der Waals surface area contributed by atoms with Gasteiger partial charge in [0.05, 0.1) is 0 Å². The van der Waals surface area contributed by atoms with E-state index in [1.807, 2.05) is 13.8 Å². The summed E-state index contributed by atoms with van der Waals surface area (Å²) in [5.74, 6) is 0.571. The largest absolute Gasteiger partial charge is 0.134 e. The van der Waals surface area contributed by atoms with Crippen molar-refractivity contribution in [1.29, 1.82) is 0 Å². The summed E-state index contributed by atoms with van der Waals surface area (Å²) >= 11 is 1.77. The summed E-state index contributed by atoms with van der Waals surface area (Å²) in [5, 5.41) is 0. The van der Waals surface area contributed by atoms with Gasteiger partial charge in [-0.2, -0.15) is 0 Å². The number of rotatable bonds is 3. The van der Waals surface area contributed by atoms with E-state index in [0.717, 1.165) is 0 Å².